The topological polar surface area (TPSA) is 69.0 Å². The van der Waals surface area contributed by atoms with Crippen LogP contribution in [0.25, 0.3) is 0 Å². The van der Waals surface area contributed by atoms with Crippen LogP contribution in [0.15, 0.2) is 54.2 Å². The van der Waals surface area contributed by atoms with E-state index in [4.69, 9.17) is 27.9 Å². The number of anilines is 1. The lowest BCUT2D eigenvalue weighted by Crippen LogP contribution is -2.17. The van der Waals surface area contributed by atoms with E-state index in [9.17, 15) is 4.79 Å². The second-order valence-corrected chi connectivity index (χ2v) is 8.96. The Labute approximate surface area is 202 Å². The van der Waals surface area contributed by atoms with Crippen LogP contribution in [0.5, 0.6) is 5.75 Å². The van der Waals surface area contributed by atoms with Gasteiger partial charge in [0.25, 0.3) is 0 Å². The van der Waals surface area contributed by atoms with Crippen LogP contribution in [-0.2, 0) is 11.3 Å². The van der Waals surface area contributed by atoms with Gasteiger partial charge in [-0.1, -0.05) is 59.2 Å². The number of nitrogens with zero attached hydrogens (tertiary/aromatic N) is 3. The van der Waals surface area contributed by atoms with E-state index in [1.807, 2.05) is 43.5 Å². The van der Waals surface area contributed by atoms with E-state index in [0.717, 1.165) is 16.8 Å². The van der Waals surface area contributed by atoms with Gasteiger partial charge in [0, 0.05) is 23.3 Å². The highest BCUT2D eigenvalue weighted by atomic mass is 35.5. The Morgan fingerprint density at radius 3 is 2.66 bits per heavy atom. The molecule has 0 saturated heterocycles. The van der Waals surface area contributed by atoms with Crippen molar-refractivity contribution in [3.8, 4) is 5.75 Å². The molecule has 6 nitrogen and oxygen atoms in total. The minimum Gasteiger partial charge on any atom is -0.481 e. The first-order chi connectivity index (χ1) is 15.3. The third-order valence-electron chi connectivity index (χ3n) is 4.70. The monoisotopic (exact) mass is 490 g/mol. The average molecular weight is 491 g/mol. The molecule has 0 saturated carbocycles. The maximum Gasteiger partial charge on any atom is 0.234 e. The van der Waals surface area contributed by atoms with Crippen molar-refractivity contribution in [1.29, 1.82) is 0 Å². The third-order valence-corrected chi connectivity index (χ3v) is 6.21. The second-order valence-electron chi connectivity index (χ2n) is 7.18. The Bertz CT molecular complexity index is 1110. The summed E-state index contributed by atoms with van der Waals surface area (Å²) in [5.41, 5.74) is 2.88. The predicted molar refractivity (Wildman–Crippen MR) is 131 cm³/mol. The first-order valence-electron chi connectivity index (χ1n) is 9.94. The number of rotatable bonds is 9. The Balaban J connectivity index is 1.72. The number of para-hydroxylation sites is 1. The summed E-state index contributed by atoms with van der Waals surface area (Å²) >= 11 is 13.6. The van der Waals surface area contributed by atoms with Gasteiger partial charge in [0.05, 0.1) is 10.8 Å². The van der Waals surface area contributed by atoms with Crippen molar-refractivity contribution < 1.29 is 9.53 Å². The Hall–Kier alpha value is -2.48. The lowest BCUT2D eigenvalue weighted by molar-refractivity contribution is -0.113. The van der Waals surface area contributed by atoms with E-state index in [1.54, 1.807) is 24.3 Å². The molecule has 0 spiro atoms. The standard InChI is InChI=1S/C23H24Cl2N4O2S/c1-5-11-29-22(16(4)31-19-12-17(24)9-10-18(19)25)27-28-23(29)32-13-20(30)26-21-14(2)7-6-8-15(21)3/h5-10,12,16H,1,11,13H2,2-4H3,(H,26,30). The number of thioether (sulfide) groups is 1. The molecule has 0 bridgehead atoms. The molecule has 0 aliphatic carbocycles. The van der Waals surface area contributed by atoms with Gasteiger partial charge < -0.3 is 10.1 Å². The van der Waals surface area contributed by atoms with Gasteiger partial charge in [-0.05, 0) is 44.0 Å². The lowest BCUT2D eigenvalue weighted by Gasteiger charge is -2.17. The van der Waals surface area contributed by atoms with E-state index in [1.165, 1.54) is 11.8 Å². The van der Waals surface area contributed by atoms with Crippen LogP contribution in [0.4, 0.5) is 5.69 Å². The normalized spacial score (nSPS) is 11.8. The molecule has 3 rings (SSSR count). The van der Waals surface area contributed by atoms with E-state index < -0.39 is 6.10 Å². The molecule has 2 aromatic carbocycles. The number of amides is 1. The molecule has 1 atom stereocenters. The van der Waals surface area contributed by atoms with Crippen LogP contribution in [0.1, 0.15) is 30.0 Å². The van der Waals surface area contributed by atoms with Gasteiger partial charge in [-0.15, -0.1) is 16.8 Å². The van der Waals surface area contributed by atoms with Gasteiger partial charge in [0.15, 0.2) is 17.1 Å². The quantitative estimate of drug-likeness (QED) is 0.283. The van der Waals surface area contributed by atoms with Crippen molar-refractivity contribution in [2.24, 2.45) is 0 Å². The molecule has 0 aliphatic rings. The van der Waals surface area contributed by atoms with E-state index >= 15 is 0 Å². The summed E-state index contributed by atoms with van der Waals surface area (Å²) in [5.74, 6) is 1.14. The second kappa shape index (κ2) is 10.9. The van der Waals surface area contributed by atoms with Crippen LogP contribution >= 0.6 is 35.0 Å². The van der Waals surface area contributed by atoms with E-state index in [-0.39, 0.29) is 11.7 Å². The lowest BCUT2D eigenvalue weighted by atomic mass is 10.1. The van der Waals surface area contributed by atoms with Gasteiger partial charge in [-0.2, -0.15) is 0 Å². The fraction of sp³-hybridized carbons (Fsp3) is 0.261. The molecule has 0 aliphatic heterocycles. The number of aryl methyl sites for hydroxylation is 2. The van der Waals surface area contributed by atoms with Gasteiger partial charge in [0.1, 0.15) is 5.75 Å². The number of ether oxygens (including phenoxy) is 1. The fourth-order valence-electron chi connectivity index (χ4n) is 3.14. The number of carbonyl (C=O) groups excluding carboxylic acids is 1. The average Bonchev–Trinajstić information content (AvgIpc) is 3.15. The number of benzene rings is 2. The van der Waals surface area contributed by atoms with Crippen molar-refractivity contribution in [3.63, 3.8) is 0 Å². The Morgan fingerprint density at radius 1 is 1.25 bits per heavy atom. The van der Waals surface area contributed by atoms with Crippen molar-refractivity contribution in [3.05, 3.63) is 76.0 Å². The zero-order valence-electron chi connectivity index (χ0n) is 18.1. The zero-order valence-corrected chi connectivity index (χ0v) is 20.4. The van der Waals surface area contributed by atoms with Crippen molar-refractivity contribution >= 4 is 46.6 Å². The summed E-state index contributed by atoms with van der Waals surface area (Å²) in [7, 11) is 0. The van der Waals surface area contributed by atoms with Crippen LogP contribution in [0.3, 0.4) is 0 Å². The Kier molecular flexibility index (Phi) is 8.23. The summed E-state index contributed by atoms with van der Waals surface area (Å²) in [5, 5.41) is 13.1. The molecular formula is C23H24Cl2N4O2S. The van der Waals surface area contributed by atoms with Gasteiger partial charge in [-0.3, -0.25) is 9.36 Å². The molecule has 1 amide bonds. The van der Waals surface area contributed by atoms with Crippen LogP contribution in [-0.4, -0.2) is 26.4 Å². The Morgan fingerprint density at radius 2 is 1.97 bits per heavy atom. The molecular weight excluding hydrogens is 467 g/mol. The van der Waals surface area contributed by atoms with Crippen LogP contribution < -0.4 is 10.1 Å². The van der Waals surface area contributed by atoms with Crippen LogP contribution in [0.2, 0.25) is 10.0 Å². The molecule has 1 N–H and O–H groups in total. The van der Waals surface area contributed by atoms with Gasteiger partial charge >= 0.3 is 0 Å². The van der Waals surface area contributed by atoms with Crippen molar-refractivity contribution in [2.75, 3.05) is 11.1 Å². The maximum atomic E-state index is 12.5. The first-order valence-corrected chi connectivity index (χ1v) is 11.7. The maximum absolute atomic E-state index is 12.5. The molecule has 1 aromatic heterocycles. The molecule has 168 valence electrons. The molecule has 1 unspecified atom stereocenters. The highest BCUT2D eigenvalue weighted by Gasteiger charge is 2.21. The van der Waals surface area contributed by atoms with Gasteiger partial charge in [-0.25, -0.2) is 0 Å². The molecule has 0 radical (unpaired) electrons. The van der Waals surface area contributed by atoms with E-state index in [0.29, 0.717) is 33.3 Å². The first kappa shape index (κ1) is 24.2. The number of hydrogen-bond donors (Lipinski definition) is 1. The zero-order chi connectivity index (χ0) is 23.3. The summed E-state index contributed by atoms with van der Waals surface area (Å²) in [6.07, 6.45) is 1.29. The fourth-order valence-corrected chi connectivity index (χ4v) is 4.22. The molecule has 1 heterocycles. The molecule has 3 aromatic rings. The van der Waals surface area contributed by atoms with Gasteiger partial charge in [0.2, 0.25) is 5.91 Å². The highest BCUT2D eigenvalue weighted by Crippen LogP contribution is 2.32. The minimum atomic E-state index is -0.448. The van der Waals surface area contributed by atoms with Crippen molar-refractivity contribution in [2.45, 2.75) is 38.6 Å². The van der Waals surface area contributed by atoms with Crippen molar-refractivity contribution in [1.82, 2.24) is 14.8 Å². The largest absolute Gasteiger partial charge is 0.481 e. The number of carbonyl (C=O) groups is 1. The summed E-state index contributed by atoms with van der Waals surface area (Å²) in [6, 6.07) is 10.9. The SMILES string of the molecule is C=CCn1c(SCC(=O)Nc2c(C)cccc2C)nnc1C(C)Oc1cc(Cl)ccc1Cl. The third kappa shape index (κ3) is 5.85. The summed E-state index contributed by atoms with van der Waals surface area (Å²) < 4.78 is 7.85. The number of nitrogens with one attached hydrogen (secondary N) is 1. The number of hydrogen-bond acceptors (Lipinski definition) is 5. The highest BCUT2D eigenvalue weighted by molar-refractivity contribution is 7.99. The molecule has 32 heavy (non-hydrogen) atoms. The minimum absolute atomic E-state index is 0.114. The molecule has 0 fully saturated rings. The molecule has 9 heteroatoms. The number of allylic oxidation sites excluding steroid dienone is 1. The number of aromatic nitrogens is 3. The predicted octanol–water partition coefficient (Wildman–Crippen LogP) is 6.26. The van der Waals surface area contributed by atoms with Crippen LogP contribution in [0, 0.1) is 13.8 Å². The smallest absolute Gasteiger partial charge is 0.234 e. The number of halogens is 2. The summed E-state index contributed by atoms with van der Waals surface area (Å²) in [4.78, 5) is 12.5. The van der Waals surface area contributed by atoms with E-state index in [2.05, 4.69) is 22.1 Å². The summed E-state index contributed by atoms with van der Waals surface area (Å²) in [6.45, 7) is 10.1.